The van der Waals surface area contributed by atoms with Gasteiger partial charge in [0.2, 0.25) is 0 Å². The largest absolute Gasteiger partial charge is 0.452 e. The molecular weight excluding hydrogens is 142 g/mol. The van der Waals surface area contributed by atoms with Gasteiger partial charge < -0.3 is 10.2 Å². The number of furan rings is 1. The first-order valence-electron chi connectivity index (χ1n) is 2.24. The van der Waals surface area contributed by atoms with E-state index >= 15 is 0 Å². The van der Waals surface area contributed by atoms with Crippen LogP contribution in [0.5, 0.6) is 0 Å². The van der Waals surface area contributed by atoms with E-state index in [4.69, 9.17) is 17.3 Å². The molecule has 1 rings (SSSR count). The van der Waals surface area contributed by atoms with Crippen molar-refractivity contribution in [2.75, 3.05) is 0 Å². The Balaban J connectivity index is 2.98. The fourth-order valence-corrected chi connectivity index (χ4v) is 0.601. The second-order valence-electron chi connectivity index (χ2n) is 1.50. The van der Waals surface area contributed by atoms with E-state index in [1.54, 1.807) is 0 Å². The van der Waals surface area contributed by atoms with E-state index in [1.165, 1.54) is 12.3 Å². The van der Waals surface area contributed by atoms with Gasteiger partial charge in [0.15, 0.2) is 5.22 Å². The zero-order valence-electron chi connectivity index (χ0n) is 4.43. The Bertz CT molecular complexity index is 231. The van der Waals surface area contributed by atoms with E-state index in [2.05, 4.69) is 4.42 Å². The van der Waals surface area contributed by atoms with Crippen molar-refractivity contribution in [3.05, 3.63) is 23.1 Å². The lowest BCUT2D eigenvalue weighted by molar-refractivity contribution is 0.0999. The van der Waals surface area contributed by atoms with Gasteiger partial charge in [-0.25, -0.2) is 0 Å². The molecule has 0 unspecified atom stereocenters. The predicted octanol–water partition coefficient (Wildman–Crippen LogP) is 1.03. The first kappa shape index (κ1) is 6.16. The van der Waals surface area contributed by atoms with Crippen LogP contribution in [-0.2, 0) is 0 Å². The van der Waals surface area contributed by atoms with Crippen LogP contribution in [-0.4, -0.2) is 5.91 Å². The highest BCUT2D eigenvalue weighted by molar-refractivity contribution is 6.29. The molecule has 1 aromatic heterocycles. The summed E-state index contributed by atoms with van der Waals surface area (Å²) in [5, 5.41) is 0.170. The minimum absolute atomic E-state index is 0.170. The van der Waals surface area contributed by atoms with Crippen molar-refractivity contribution >= 4 is 17.5 Å². The average molecular weight is 146 g/mol. The van der Waals surface area contributed by atoms with E-state index in [-0.39, 0.29) is 5.22 Å². The number of carbonyl (C=O) groups excluding carboxylic acids is 1. The average Bonchev–Trinajstić information content (AvgIpc) is 2.14. The fourth-order valence-electron chi connectivity index (χ4n) is 0.439. The summed E-state index contributed by atoms with van der Waals surface area (Å²) in [6, 6.07) is 1.36. The molecule has 0 aliphatic heterocycles. The number of carbonyl (C=O) groups is 1. The molecule has 1 aromatic rings. The first-order valence-corrected chi connectivity index (χ1v) is 2.62. The lowest BCUT2D eigenvalue weighted by Gasteiger charge is -1.78. The lowest BCUT2D eigenvalue weighted by Crippen LogP contribution is -2.08. The Morgan fingerprint density at radius 1 is 1.78 bits per heavy atom. The molecule has 0 saturated heterocycles. The Labute approximate surface area is 56.4 Å². The fraction of sp³-hybridized carbons (Fsp3) is 0. The molecule has 0 saturated carbocycles. The zero-order chi connectivity index (χ0) is 6.85. The Hall–Kier alpha value is -0.960. The smallest absolute Gasteiger partial charge is 0.252 e. The first-order chi connectivity index (χ1) is 4.20. The van der Waals surface area contributed by atoms with Crippen molar-refractivity contribution in [2.24, 2.45) is 5.73 Å². The van der Waals surface area contributed by atoms with E-state index < -0.39 is 5.91 Å². The van der Waals surface area contributed by atoms with Crippen LogP contribution in [0.4, 0.5) is 0 Å². The summed E-state index contributed by atoms with van der Waals surface area (Å²) in [5.74, 6) is -0.536. The van der Waals surface area contributed by atoms with Gasteiger partial charge in [-0.1, -0.05) is 0 Å². The molecule has 0 radical (unpaired) electrons. The highest BCUT2D eigenvalue weighted by Crippen LogP contribution is 2.11. The molecule has 1 heterocycles. The molecule has 3 nitrogen and oxygen atoms in total. The van der Waals surface area contributed by atoms with Crippen molar-refractivity contribution in [2.45, 2.75) is 0 Å². The van der Waals surface area contributed by atoms with Crippen LogP contribution >= 0.6 is 11.6 Å². The molecule has 1 amide bonds. The van der Waals surface area contributed by atoms with Gasteiger partial charge in [-0.05, 0) is 11.6 Å². The molecule has 0 aliphatic rings. The van der Waals surface area contributed by atoms with Gasteiger partial charge in [0, 0.05) is 6.07 Å². The second kappa shape index (κ2) is 2.11. The maximum absolute atomic E-state index is 10.3. The number of rotatable bonds is 1. The van der Waals surface area contributed by atoms with Gasteiger partial charge >= 0.3 is 0 Å². The van der Waals surface area contributed by atoms with Gasteiger partial charge in [0.05, 0.1) is 5.56 Å². The van der Waals surface area contributed by atoms with Gasteiger partial charge in [-0.3, -0.25) is 4.79 Å². The molecular formula is C5H4ClNO2. The molecule has 4 heteroatoms. The van der Waals surface area contributed by atoms with Gasteiger partial charge in [0.1, 0.15) is 6.26 Å². The number of hydrogen-bond donors (Lipinski definition) is 1. The molecule has 2 N–H and O–H groups in total. The molecule has 0 aliphatic carbocycles. The molecule has 9 heavy (non-hydrogen) atoms. The number of amides is 1. The number of hydrogen-bond acceptors (Lipinski definition) is 2. The summed E-state index contributed by atoms with van der Waals surface area (Å²) in [6.07, 6.45) is 1.21. The van der Waals surface area contributed by atoms with E-state index in [1.807, 2.05) is 0 Å². The zero-order valence-corrected chi connectivity index (χ0v) is 5.18. The minimum atomic E-state index is -0.536. The van der Waals surface area contributed by atoms with Crippen molar-refractivity contribution < 1.29 is 9.21 Å². The summed E-state index contributed by atoms with van der Waals surface area (Å²) in [6.45, 7) is 0. The van der Waals surface area contributed by atoms with Crippen molar-refractivity contribution in [1.29, 1.82) is 0 Å². The van der Waals surface area contributed by atoms with Crippen molar-refractivity contribution in [3.63, 3.8) is 0 Å². The maximum atomic E-state index is 10.3. The third-order valence-electron chi connectivity index (χ3n) is 0.852. The van der Waals surface area contributed by atoms with Gasteiger partial charge in [0.25, 0.3) is 5.91 Å². The molecule has 0 atom stereocenters. The Morgan fingerprint density at radius 3 is 2.67 bits per heavy atom. The number of primary amides is 1. The number of nitrogens with two attached hydrogens (primary N) is 1. The Kier molecular flexibility index (Phi) is 1.44. The predicted molar refractivity (Wildman–Crippen MR) is 32.2 cm³/mol. The summed E-state index contributed by atoms with van der Waals surface area (Å²) in [5.41, 5.74) is 5.16. The van der Waals surface area contributed by atoms with Crippen molar-refractivity contribution in [3.8, 4) is 0 Å². The summed E-state index contributed by atoms with van der Waals surface area (Å²) in [7, 11) is 0. The lowest BCUT2D eigenvalue weighted by atomic mass is 10.3. The highest BCUT2D eigenvalue weighted by Gasteiger charge is 2.02. The summed E-state index contributed by atoms with van der Waals surface area (Å²) >= 11 is 5.33. The molecule has 48 valence electrons. The van der Waals surface area contributed by atoms with Crippen molar-refractivity contribution in [1.82, 2.24) is 0 Å². The van der Waals surface area contributed by atoms with Crippen LogP contribution in [0.1, 0.15) is 10.4 Å². The number of halogens is 1. The molecule has 0 bridgehead atoms. The van der Waals surface area contributed by atoms with Crippen LogP contribution in [0, 0.1) is 0 Å². The van der Waals surface area contributed by atoms with Crippen LogP contribution in [0.2, 0.25) is 5.22 Å². The van der Waals surface area contributed by atoms with E-state index in [0.717, 1.165) is 0 Å². The summed E-state index contributed by atoms with van der Waals surface area (Å²) in [4.78, 5) is 10.3. The van der Waals surface area contributed by atoms with Gasteiger partial charge in [-0.15, -0.1) is 0 Å². The monoisotopic (exact) mass is 145 g/mol. The van der Waals surface area contributed by atoms with Crippen LogP contribution in [0.3, 0.4) is 0 Å². The Morgan fingerprint density at radius 2 is 2.44 bits per heavy atom. The third kappa shape index (κ3) is 1.23. The molecule has 0 fully saturated rings. The molecule has 0 aromatic carbocycles. The van der Waals surface area contributed by atoms with E-state index in [9.17, 15) is 4.79 Å². The SMILES string of the molecule is NC(=O)c1coc(Cl)c1. The molecule has 0 spiro atoms. The normalized spacial score (nSPS) is 9.44. The topological polar surface area (TPSA) is 56.2 Å². The maximum Gasteiger partial charge on any atom is 0.252 e. The summed E-state index contributed by atoms with van der Waals surface area (Å²) < 4.78 is 4.59. The van der Waals surface area contributed by atoms with Crippen LogP contribution in [0.25, 0.3) is 0 Å². The van der Waals surface area contributed by atoms with Crippen LogP contribution in [0.15, 0.2) is 16.7 Å². The minimum Gasteiger partial charge on any atom is -0.452 e. The standard InChI is InChI=1S/C5H4ClNO2/c6-4-1-3(2-9-4)5(7)8/h1-2H,(H2,7,8). The highest BCUT2D eigenvalue weighted by atomic mass is 35.5. The third-order valence-corrected chi connectivity index (χ3v) is 1.05. The van der Waals surface area contributed by atoms with Crippen LogP contribution < -0.4 is 5.73 Å². The quantitative estimate of drug-likeness (QED) is 0.642. The van der Waals surface area contributed by atoms with Gasteiger partial charge in [-0.2, -0.15) is 0 Å². The second-order valence-corrected chi connectivity index (χ2v) is 1.88. The van der Waals surface area contributed by atoms with E-state index in [0.29, 0.717) is 5.56 Å².